The Hall–Kier alpha value is -1.17. The van der Waals surface area contributed by atoms with Crippen LogP contribution < -0.4 is 10.6 Å². The highest BCUT2D eigenvalue weighted by atomic mass is 32.1. The first-order valence-electron chi connectivity index (χ1n) is 5.92. The third kappa shape index (κ3) is 2.48. The minimum absolute atomic E-state index is 0.142. The maximum absolute atomic E-state index is 11.3. The van der Waals surface area contributed by atoms with Gasteiger partial charge in [0.1, 0.15) is 0 Å². The molecule has 3 nitrogen and oxygen atoms in total. The van der Waals surface area contributed by atoms with Gasteiger partial charge in [0, 0.05) is 28.8 Å². The first-order valence-corrected chi connectivity index (χ1v) is 7.68. The van der Waals surface area contributed by atoms with E-state index in [1.807, 2.05) is 0 Å². The van der Waals surface area contributed by atoms with Crippen molar-refractivity contribution in [2.75, 3.05) is 6.54 Å². The summed E-state index contributed by atoms with van der Waals surface area (Å²) in [5.74, 6) is 0.142. The Kier molecular flexibility index (Phi) is 3.45. The van der Waals surface area contributed by atoms with Gasteiger partial charge in [-0.1, -0.05) is 12.1 Å². The Labute approximate surface area is 114 Å². The summed E-state index contributed by atoms with van der Waals surface area (Å²) >= 11 is 3.50. The number of amides is 1. The molecule has 3 rings (SSSR count). The number of rotatable bonds is 4. The zero-order valence-corrected chi connectivity index (χ0v) is 11.4. The van der Waals surface area contributed by atoms with E-state index in [0.29, 0.717) is 6.42 Å². The van der Waals surface area contributed by atoms with Crippen LogP contribution in [0.25, 0.3) is 0 Å². The molecule has 94 valence electrons. The molecule has 18 heavy (non-hydrogen) atoms. The summed E-state index contributed by atoms with van der Waals surface area (Å²) in [7, 11) is 0. The van der Waals surface area contributed by atoms with Gasteiger partial charge in [-0.3, -0.25) is 10.1 Å². The van der Waals surface area contributed by atoms with Crippen LogP contribution in [0.15, 0.2) is 35.0 Å². The standard InChI is InChI=1S/C13H14N2OS2/c16-12-7-9(8-14-12)15-13(10-3-1-5-17-10)11-4-2-6-18-11/h1-6,9,13,15H,7-8H2,(H,14,16). The van der Waals surface area contributed by atoms with Gasteiger partial charge in [0.2, 0.25) is 5.91 Å². The lowest BCUT2D eigenvalue weighted by molar-refractivity contribution is -0.119. The maximum atomic E-state index is 11.3. The zero-order valence-electron chi connectivity index (χ0n) is 9.76. The normalized spacial score (nSPS) is 19.4. The summed E-state index contributed by atoms with van der Waals surface area (Å²) in [5.41, 5.74) is 0. The number of carbonyl (C=O) groups is 1. The molecule has 2 N–H and O–H groups in total. The summed E-state index contributed by atoms with van der Waals surface area (Å²) in [6.45, 7) is 0.728. The van der Waals surface area contributed by atoms with Crippen LogP contribution >= 0.6 is 22.7 Å². The van der Waals surface area contributed by atoms with Gasteiger partial charge in [-0.25, -0.2) is 0 Å². The first kappa shape index (κ1) is 11.9. The van der Waals surface area contributed by atoms with E-state index >= 15 is 0 Å². The maximum Gasteiger partial charge on any atom is 0.221 e. The molecular formula is C13H14N2OS2. The van der Waals surface area contributed by atoms with Gasteiger partial charge in [-0.05, 0) is 22.9 Å². The van der Waals surface area contributed by atoms with Crippen LogP contribution in [-0.2, 0) is 4.79 Å². The van der Waals surface area contributed by atoms with Crippen molar-refractivity contribution in [3.05, 3.63) is 44.8 Å². The van der Waals surface area contributed by atoms with Gasteiger partial charge in [0.15, 0.2) is 0 Å². The lowest BCUT2D eigenvalue weighted by Gasteiger charge is -2.20. The molecule has 0 aromatic carbocycles. The molecule has 1 aliphatic rings. The van der Waals surface area contributed by atoms with Gasteiger partial charge >= 0.3 is 0 Å². The molecular weight excluding hydrogens is 264 g/mol. The molecule has 1 saturated heterocycles. The van der Waals surface area contributed by atoms with Crippen LogP contribution in [-0.4, -0.2) is 18.5 Å². The van der Waals surface area contributed by atoms with E-state index in [2.05, 4.69) is 45.7 Å². The molecule has 3 heterocycles. The molecule has 2 aromatic heterocycles. The molecule has 2 aromatic rings. The summed E-state index contributed by atoms with van der Waals surface area (Å²) in [6.07, 6.45) is 0.577. The SMILES string of the molecule is O=C1CC(NC(c2cccs2)c2cccs2)CN1. The molecule has 0 radical (unpaired) electrons. The van der Waals surface area contributed by atoms with E-state index in [9.17, 15) is 4.79 Å². The second-order valence-electron chi connectivity index (χ2n) is 4.34. The fraction of sp³-hybridized carbons (Fsp3) is 0.308. The van der Waals surface area contributed by atoms with E-state index in [4.69, 9.17) is 0 Å². The van der Waals surface area contributed by atoms with Crippen LogP contribution in [0, 0.1) is 0 Å². The Morgan fingerprint density at radius 1 is 1.22 bits per heavy atom. The minimum Gasteiger partial charge on any atom is -0.354 e. The monoisotopic (exact) mass is 278 g/mol. The van der Waals surface area contributed by atoms with Crippen molar-refractivity contribution >= 4 is 28.6 Å². The molecule has 0 saturated carbocycles. The smallest absolute Gasteiger partial charge is 0.221 e. The molecule has 1 fully saturated rings. The van der Waals surface area contributed by atoms with E-state index in [1.54, 1.807) is 22.7 Å². The van der Waals surface area contributed by atoms with Crippen LogP contribution in [0.3, 0.4) is 0 Å². The molecule has 1 aliphatic heterocycles. The Morgan fingerprint density at radius 3 is 2.33 bits per heavy atom. The minimum atomic E-state index is 0.142. The van der Waals surface area contributed by atoms with Crippen molar-refractivity contribution in [2.45, 2.75) is 18.5 Å². The average Bonchev–Trinajstić information content (AvgIpc) is 3.09. The van der Waals surface area contributed by atoms with Crippen molar-refractivity contribution in [3.63, 3.8) is 0 Å². The fourth-order valence-electron chi connectivity index (χ4n) is 2.17. The van der Waals surface area contributed by atoms with Crippen molar-refractivity contribution in [3.8, 4) is 0 Å². The molecule has 0 aliphatic carbocycles. The molecule has 5 heteroatoms. The number of hydrogen-bond acceptors (Lipinski definition) is 4. The molecule has 1 unspecified atom stereocenters. The second kappa shape index (κ2) is 5.22. The highest BCUT2D eigenvalue weighted by Gasteiger charge is 2.26. The average molecular weight is 278 g/mol. The summed E-state index contributed by atoms with van der Waals surface area (Å²) in [6, 6.07) is 8.87. The van der Waals surface area contributed by atoms with Crippen LogP contribution in [0.1, 0.15) is 22.2 Å². The quantitative estimate of drug-likeness (QED) is 0.901. The van der Waals surface area contributed by atoms with E-state index in [0.717, 1.165) is 6.54 Å². The van der Waals surface area contributed by atoms with Gasteiger partial charge in [-0.15, -0.1) is 22.7 Å². The van der Waals surface area contributed by atoms with Crippen molar-refractivity contribution in [2.24, 2.45) is 0 Å². The second-order valence-corrected chi connectivity index (χ2v) is 6.29. The van der Waals surface area contributed by atoms with E-state index < -0.39 is 0 Å². The largest absolute Gasteiger partial charge is 0.354 e. The van der Waals surface area contributed by atoms with E-state index in [-0.39, 0.29) is 18.0 Å². The van der Waals surface area contributed by atoms with E-state index in [1.165, 1.54) is 9.75 Å². The van der Waals surface area contributed by atoms with Crippen molar-refractivity contribution < 1.29 is 4.79 Å². The van der Waals surface area contributed by atoms with Crippen LogP contribution in [0.4, 0.5) is 0 Å². The summed E-state index contributed by atoms with van der Waals surface area (Å²) in [4.78, 5) is 13.9. The van der Waals surface area contributed by atoms with Crippen LogP contribution in [0.5, 0.6) is 0 Å². The number of nitrogens with one attached hydrogen (secondary N) is 2. The first-order chi connectivity index (χ1) is 8.83. The highest BCUT2D eigenvalue weighted by molar-refractivity contribution is 7.11. The predicted octanol–water partition coefficient (Wildman–Crippen LogP) is 2.38. The third-order valence-corrected chi connectivity index (χ3v) is 4.91. The molecule has 1 amide bonds. The third-order valence-electron chi connectivity index (χ3n) is 3.04. The van der Waals surface area contributed by atoms with Gasteiger partial charge in [0.05, 0.1) is 6.04 Å². The van der Waals surface area contributed by atoms with Crippen molar-refractivity contribution in [1.29, 1.82) is 0 Å². The van der Waals surface area contributed by atoms with Crippen molar-refractivity contribution in [1.82, 2.24) is 10.6 Å². The summed E-state index contributed by atoms with van der Waals surface area (Å²) in [5, 5.41) is 10.6. The number of carbonyl (C=O) groups excluding carboxylic acids is 1. The van der Waals surface area contributed by atoms with Crippen LogP contribution in [0.2, 0.25) is 0 Å². The Morgan fingerprint density at radius 2 is 1.89 bits per heavy atom. The fourth-order valence-corrected chi connectivity index (χ4v) is 3.85. The summed E-state index contributed by atoms with van der Waals surface area (Å²) < 4.78 is 0. The molecule has 0 bridgehead atoms. The topological polar surface area (TPSA) is 41.1 Å². The number of thiophene rings is 2. The Balaban J connectivity index is 1.80. The Bertz CT molecular complexity index is 473. The predicted molar refractivity (Wildman–Crippen MR) is 75.0 cm³/mol. The van der Waals surface area contributed by atoms with Gasteiger partial charge in [0.25, 0.3) is 0 Å². The van der Waals surface area contributed by atoms with Gasteiger partial charge in [-0.2, -0.15) is 0 Å². The number of hydrogen-bond donors (Lipinski definition) is 2. The molecule has 1 atom stereocenters. The molecule has 0 spiro atoms. The highest BCUT2D eigenvalue weighted by Crippen LogP contribution is 2.30. The lowest BCUT2D eigenvalue weighted by atomic mass is 10.1. The van der Waals surface area contributed by atoms with Gasteiger partial charge < -0.3 is 5.32 Å². The zero-order chi connectivity index (χ0) is 12.4. The lowest BCUT2D eigenvalue weighted by Crippen LogP contribution is -2.34.